The summed E-state index contributed by atoms with van der Waals surface area (Å²) in [6.45, 7) is 1.30. The van der Waals surface area contributed by atoms with E-state index in [1.807, 2.05) is 18.3 Å². The lowest BCUT2D eigenvalue weighted by Crippen LogP contribution is -2.26. The highest BCUT2D eigenvalue weighted by atomic mass is 79.9. The van der Waals surface area contributed by atoms with Crippen LogP contribution in [0.1, 0.15) is 12.1 Å². The lowest BCUT2D eigenvalue weighted by molar-refractivity contribution is -0.121. The number of rotatable bonds is 6. The summed E-state index contributed by atoms with van der Waals surface area (Å²) >= 11 is 3.54. The first-order valence-electron chi connectivity index (χ1n) is 7.21. The van der Waals surface area contributed by atoms with Crippen LogP contribution in [0.3, 0.4) is 0 Å². The van der Waals surface area contributed by atoms with E-state index >= 15 is 0 Å². The Kier molecular flexibility index (Phi) is 4.58. The predicted octanol–water partition coefficient (Wildman–Crippen LogP) is 2.88. The van der Waals surface area contributed by atoms with Crippen LogP contribution < -0.4 is 5.32 Å². The van der Waals surface area contributed by atoms with Gasteiger partial charge in [-0.2, -0.15) is 0 Å². The molecule has 0 bridgehead atoms. The van der Waals surface area contributed by atoms with Gasteiger partial charge in [0.2, 0.25) is 5.91 Å². The van der Waals surface area contributed by atoms with Gasteiger partial charge in [0, 0.05) is 59.4 Å². The van der Waals surface area contributed by atoms with Crippen LogP contribution in [-0.2, 0) is 17.8 Å². The van der Waals surface area contributed by atoms with Crippen LogP contribution in [-0.4, -0.2) is 27.0 Å². The van der Waals surface area contributed by atoms with Gasteiger partial charge < -0.3 is 14.9 Å². The number of nitrogens with zero attached hydrogens (tertiary/aromatic N) is 2. The number of imidazole rings is 1. The quantitative estimate of drug-likeness (QED) is 0.709. The fourth-order valence-electron chi connectivity index (χ4n) is 2.45. The number of halogens is 1. The van der Waals surface area contributed by atoms with Crippen LogP contribution in [0.4, 0.5) is 0 Å². The molecule has 1 aromatic carbocycles. The topological polar surface area (TPSA) is 62.7 Å². The number of aromatic amines is 1. The Morgan fingerprint density at radius 1 is 1.36 bits per heavy atom. The van der Waals surface area contributed by atoms with Crippen molar-refractivity contribution in [3.8, 4) is 0 Å². The van der Waals surface area contributed by atoms with Crippen molar-refractivity contribution in [2.45, 2.75) is 19.4 Å². The second-order valence-electron chi connectivity index (χ2n) is 5.11. The summed E-state index contributed by atoms with van der Waals surface area (Å²) in [7, 11) is 0. The van der Waals surface area contributed by atoms with E-state index in [1.54, 1.807) is 12.5 Å². The fourth-order valence-corrected chi connectivity index (χ4v) is 2.94. The molecule has 1 amide bonds. The van der Waals surface area contributed by atoms with E-state index in [2.05, 4.69) is 47.9 Å². The van der Waals surface area contributed by atoms with Gasteiger partial charge in [-0.05, 0) is 18.2 Å². The fraction of sp³-hybridized carbons (Fsp3) is 0.250. The summed E-state index contributed by atoms with van der Waals surface area (Å²) in [5, 5.41) is 4.10. The summed E-state index contributed by atoms with van der Waals surface area (Å²) in [4.78, 5) is 18.9. The summed E-state index contributed by atoms with van der Waals surface area (Å²) < 4.78 is 3.18. The van der Waals surface area contributed by atoms with Gasteiger partial charge in [-0.3, -0.25) is 4.79 Å². The minimum Gasteiger partial charge on any atom is -0.356 e. The van der Waals surface area contributed by atoms with Crippen LogP contribution in [0.15, 0.2) is 47.5 Å². The number of hydrogen-bond acceptors (Lipinski definition) is 2. The van der Waals surface area contributed by atoms with Crippen molar-refractivity contribution in [2.24, 2.45) is 0 Å². The van der Waals surface area contributed by atoms with Crippen molar-refractivity contribution in [1.82, 2.24) is 19.9 Å². The zero-order chi connectivity index (χ0) is 15.4. The Morgan fingerprint density at radius 2 is 2.27 bits per heavy atom. The molecule has 0 aliphatic rings. The van der Waals surface area contributed by atoms with E-state index in [9.17, 15) is 4.79 Å². The van der Waals surface area contributed by atoms with Crippen molar-refractivity contribution in [3.63, 3.8) is 0 Å². The van der Waals surface area contributed by atoms with Gasteiger partial charge in [0.05, 0.1) is 6.33 Å². The molecule has 3 aromatic rings. The number of carbonyl (C=O) groups excluding carboxylic acids is 1. The predicted molar refractivity (Wildman–Crippen MR) is 89.6 cm³/mol. The highest BCUT2D eigenvalue weighted by molar-refractivity contribution is 9.10. The molecule has 0 saturated carbocycles. The second-order valence-corrected chi connectivity index (χ2v) is 5.96. The van der Waals surface area contributed by atoms with E-state index in [0.29, 0.717) is 19.5 Å². The third-order valence-corrected chi connectivity index (χ3v) is 4.30. The zero-order valence-corrected chi connectivity index (χ0v) is 13.6. The third kappa shape index (κ3) is 3.39. The maximum absolute atomic E-state index is 11.9. The molecule has 3 rings (SSSR count). The smallest absolute Gasteiger partial charge is 0.221 e. The summed E-state index contributed by atoms with van der Waals surface area (Å²) in [6, 6.07) is 8.16. The van der Waals surface area contributed by atoms with Gasteiger partial charge in [-0.25, -0.2) is 4.98 Å². The van der Waals surface area contributed by atoms with E-state index in [4.69, 9.17) is 0 Å². The van der Waals surface area contributed by atoms with Crippen molar-refractivity contribution in [2.75, 3.05) is 6.54 Å². The molecule has 6 heteroatoms. The number of H-pyrrole nitrogens is 1. The Bertz CT molecular complexity index is 764. The molecule has 0 unspecified atom stereocenters. The number of carbonyl (C=O) groups is 1. The molecule has 0 aliphatic carbocycles. The largest absolute Gasteiger partial charge is 0.356 e. The van der Waals surface area contributed by atoms with Gasteiger partial charge in [0.1, 0.15) is 0 Å². The monoisotopic (exact) mass is 360 g/mol. The van der Waals surface area contributed by atoms with Crippen molar-refractivity contribution >= 4 is 32.7 Å². The van der Waals surface area contributed by atoms with E-state index in [-0.39, 0.29) is 5.91 Å². The molecule has 5 nitrogen and oxygen atoms in total. The molecule has 0 radical (unpaired) electrons. The van der Waals surface area contributed by atoms with Crippen LogP contribution >= 0.6 is 15.9 Å². The number of amides is 1. The highest BCUT2D eigenvalue weighted by Gasteiger charge is 2.06. The van der Waals surface area contributed by atoms with Gasteiger partial charge in [0.15, 0.2) is 0 Å². The lowest BCUT2D eigenvalue weighted by atomic mass is 10.2. The highest BCUT2D eigenvalue weighted by Crippen LogP contribution is 2.24. The van der Waals surface area contributed by atoms with Crippen molar-refractivity contribution in [3.05, 3.63) is 53.2 Å². The van der Waals surface area contributed by atoms with E-state index in [0.717, 1.165) is 22.1 Å². The Balaban J connectivity index is 1.51. The summed E-state index contributed by atoms with van der Waals surface area (Å²) in [5.41, 5.74) is 2.17. The zero-order valence-electron chi connectivity index (χ0n) is 12.1. The SMILES string of the molecule is O=C(CCn1ccc2c(Br)cccc21)NCCc1cnc[nH]1. The second kappa shape index (κ2) is 6.79. The molecule has 0 atom stereocenters. The first kappa shape index (κ1) is 14.8. The first-order chi connectivity index (χ1) is 10.7. The van der Waals surface area contributed by atoms with Gasteiger partial charge >= 0.3 is 0 Å². The Morgan fingerprint density at radius 3 is 3.09 bits per heavy atom. The Labute approximate surface area is 136 Å². The normalized spacial score (nSPS) is 11.0. The third-order valence-electron chi connectivity index (χ3n) is 3.61. The van der Waals surface area contributed by atoms with Crippen LogP contribution in [0.25, 0.3) is 10.9 Å². The molecule has 2 heterocycles. The summed E-state index contributed by atoms with van der Waals surface area (Å²) in [6.07, 6.45) is 6.68. The maximum Gasteiger partial charge on any atom is 0.221 e. The average molecular weight is 361 g/mol. The molecule has 2 aromatic heterocycles. The van der Waals surface area contributed by atoms with Crippen molar-refractivity contribution in [1.29, 1.82) is 0 Å². The first-order valence-corrected chi connectivity index (χ1v) is 8.00. The van der Waals surface area contributed by atoms with Crippen LogP contribution in [0.2, 0.25) is 0 Å². The van der Waals surface area contributed by atoms with Crippen molar-refractivity contribution < 1.29 is 4.79 Å². The number of aromatic nitrogens is 3. The molecule has 22 heavy (non-hydrogen) atoms. The molecule has 2 N–H and O–H groups in total. The van der Waals surface area contributed by atoms with Gasteiger partial charge in [-0.1, -0.05) is 22.0 Å². The number of benzene rings is 1. The average Bonchev–Trinajstić information content (AvgIpc) is 3.15. The maximum atomic E-state index is 11.9. The van der Waals surface area contributed by atoms with E-state index in [1.165, 1.54) is 5.39 Å². The van der Waals surface area contributed by atoms with Crippen LogP contribution in [0.5, 0.6) is 0 Å². The van der Waals surface area contributed by atoms with Crippen LogP contribution in [0, 0.1) is 0 Å². The number of aryl methyl sites for hydroxylation is 1. The number of nitrogens with one attached hydrogen (secondary N) is 2. The molecule has 0 saturated heterocycles. The molecular weight excluding hydrogens is 344 g/mol. The molecule has 114 valence electrons. The molecular formula is C16H17BrN4O. The molecule has 0 aliphatic heterocycles. The van der Waals surface area contributed by atoms with E-state index < -0.39 is 0 Å². The Hall–Kier alpha value is -2.08. The standard InChI is InChI=1S/C16H17BrN4O/c17-14-2-1-3-15-13(14)5-8-21(15)9-6-16(22)19-7-4-12-10-18-11-20-12/h1-3,5,8,10-11H,4,6-7,9H2,(H,18,20)(H,19,22). The minimum atomic E-state index is 0.0661. The molecule has 0 spiro atoms. The number of fused-ring (bicyclic) bond motifs is 1. The minimum absolute atomic E-state index is 0.0661. The number of hydrogen-bond donors (Lipinski definition) is 2. The lowest BCUT2D eigenvalue weighted by Gasteiger charge is -2.07. The molecule has 0 fully saturated rings. The van der Waals surface area contributed by atoms with Gasteiger partial charge in [-0.15, -0.1) is 0 Å². The summed E-state index contributed by atoms with van der Waals surface area (Å²) in [5.74, 6) is 0.0661. The van der Waals surface area contributed by atoms with Gasteiger partial charge in [0.25, 0.3) is 0 Å².